The van der Waals surface area contributed by atoms with Crippen LogP contribution in [-0.4, -0.2) is 37.7 Å². The van der Waals surface area contributed by atoms with Gasteiger partial charge in [-0.3, -0.25) is 4.40 Å². The van der Waals surface area contributed by atoms with E-state index in [1.807, 2.05) is 28.8 Å². The summed E-state index contributed by atoms with van der Waals surface area (Å²) in [5, 5.41) is 8.42. The molecule has 0 amide bonds. The average molecular weight is 348 g/mol. The molecule has 3 aromatic heterocycles. The fourth-order valence-electron chi connectivity index (χ4n) is 3.17. The van der Waals surface area contributed by atoms with Crippen LogP contribution in [0.5, 0.6) is 0 Å². The molecule has 0 aliphatic carbocycles. The molecule has 6 nitrogen and oxygen atoms in total. The predicted octanol–water partition coefficient (Wildman–Crippen LogP) is 2.92. The minimum Gasteiger partial charge on any atom is -0.340 e. The zero-order valence-corrected chi connectivity index (χ0v) is 13.2. The van der Waals surface area contributed by atoms with Crippen LogP contribution in [0.3, 0.4) is 0 Å². The Morgan fingerprint density at radius 1 is 1.12 bits per heavy atom. The van der Waals surface area contributed by atoms with Gasteiger partial charge < -0.3 is 4.90 Å². The molecule has 9 heteroatoms. The molecule has 1 aliphatic rings. The summed E-state index contributed by atoms with van der Waals surface area (Å²) in [5.74, 6) is 0.977. The van der Waals surface area contributed by atoms with Gasteiger partial charge in [-0.25, -0.2) is 9.97 Å². The highest BCUT2D eigenvalue weighted by atomic mass is 19.4. The standard InChI is InChI=1S/C16H15F3N6/c17-16(18,19)12-6-7-20-15(21-12)24-8-3-4-11(10-24)14-23-22-13-5-1-2-9-25(13)14/h1-2,5-7,9,11H,3-4,8,10H2. The van der Waals surface area contributed by atoms with E-state index in [1.165, 1.54) is 0 Å². The normalized spacial score (nSPS) is 18.7. The largest absolute Gasteiger partial charge is 0.433 e. The van der Waals surface area contributed by atoms with E-state index in [2.05, 4.69) is 20.2 Å². The minimum atomic E-state index is -4.48. The zero-order chi connectivity index (χ0) is 17.4. The number of halogens is 3. The topological polar surface area (TPSA) is 59.2 Å². The second-order valence-corrected chi connectivity index (χ2v) is 6.01. The maximum Gasteiger partial charge on any atom is 0.433 e. The molecule has 1 unspecified atom stereocenters. The van der Waals surface area contributed by atoms with Gasteiger partial charge in [-0.15, -0.1) is 10.2 Å². The van der Waals surface area contributed by atoms with Crippen LogP contribution in [-0.2, 0) is 6.18 Å². The summed E-state index contributed by atoms with van der Waals surface area (Å²) in [6, 6.07) is 6.54. The van der Waals surface area contributed by atoms with Crippen LogP contribution in [0.1, 0.15) is 30.3 Å². The van der Waals surface area contributed by atoms with Crippen LogP contribution < -0.4 is 4.90 Å². The molecule has 25 heavy (non-hydrogen) atoms. The lowest BCUT2D eigenvalue weighted by Crippen LogP contribution is -2.36. The van der Waals surface area contributed by atoms with Gasteiger partial charge in [0.15, 0.2) is 5.65 Å². The average Bonchev–Trinajstić information content (AvgIpc) is 3.05. The molecule has 0 aromatic carbocycles. The van der Waals surface area contributed by atoms with Crippen molar-refractivity contribution in [3.63, 3.8) is 0 Å². The number of piperidine rings is 1. The summed E-state index contributed by atoms with van der Waals surface area (Å²) in [5.41, 5.74) is -0.169. The third kappa shape index (κ3) is 3.01. The van der Waals surface area contributed by atoms with Crippen molar-refractivity contribution < 1.29 is 13.2 Å². The molecule has 4 heterocycles. The van der Waals surface area contributed by atoms with Gasteiger partial charge in [-0.2, -0.15) is 13.2 Å². The number of hydrogen-bond donors (Lipinski definition) is 0. The summed E-state index contributed by atoms with van der Waals surface area (Å²) < 4.78 is 40.6. The molecule has 0 radical (unpaired) electrons. The molecule has 3 aromatic rings. The van der Waals surface area contributed by atoms with E-state index in [0.29, 0.717) is 13.1 Å². The van der Waals surface area contributed by atoms with E-state index in [4.69, 9.17) is 0 Å². The van der Waals surface area contributed by atoms with Gasteiger partial charge in [0, 0.05) is 31.4 Å². The Labute approximate surface area is 141 Å². The first-order valence-electron chi connectivity index (χ1n) is 7.97. The fourth-order valence-corrected chi connectivity index (χ4v) is 3.17. The van der Waals surface area contributed by atoms with E-state index < -0.39 is 11.9 Å². The first-order valence-corrected chi connectivity index (χ1v) is 7.97. The molecule has 1 saturated heterocycles. The molecular weight excluding hydrogens is 333 g/mol. The van der Waals surface area contributed by atoms with Gasteiger partial charge in [-0.1, -0.05) is 6.07 Å². The fraction of sp³-hybridized carbons (Fsp3) is 0.375. The van der Waals surface area contributed by atoms with Crippen molar-refractivity contribution in [3.8, 4) is 0 Å². The lowest BCUT2D eigenvalue weighted by Gasteiger charge is -2.32. The van der Waals surface area contributed by atoms with Gasteiger partial charge in [0.25, 0.3) is 0 Å². The Bertz CT molecular complexity index is 891. The molecular formula is C16H15F3N6. The third-order valence-electron chi connectivity index (χ3n) is 4.34. The second-order valence-electron chi connectivity index (χ2n) is 6.01. The third-order valence-corrected chi connectivity index (χ3v) is 4.34. The molecule has 0 spiro atoms. The quantitative estimate of drug-likeness (QED) is 0.713. The molecule has 0 bridgehead atoms. The van der Waals surface area contributed by atoms with Crippen LogP contribution in [0.4, 0.5) is 19.1 Å². The lowest BCUT2D eigenvalue weighted by atomic mass is 9.97. The first-order chi connectivity index (χ1) is 12.0. The van der Waals surface area contributed by atoms with Crippen LogP contribution >= 0.6 is 0 Å². The van der Waals surface area contributed by atoms with Crippen LogP contribution in [0.2, 0.25) is 0 Å². The molecule has 1 aliphatic heterocycles. The van der Waals surface area contributed by atoms with E-state index in [0.717, 1.165) is 36.6 Å². The molecule has 1 fully saturated rings. The van der Waals surface area contributed by atoms with Crippen molar-refractivity contribution >= 4 is 11.6 Å². The summed E-state index contributed by atoms with van der Waals surface area (Å²) in [6.45, 7) is 1.13. The van der Waals surface area contributed by atoms with E-state index in [9.17, 15) is 13.2 Å². The maximum atomic E-state index is 12.9. The molecule has 0 N–H and O–H groups in total. The van der Waals surface area contributed by atoms with E-state index in [-0.39, 0.29) is 11.9 Å². The highest BCUT2D eigenvalue weighted by molar-refractivity contribution is 5.39. The predicted molar refractivity (Wildman–Crippen MR) is 84.2 cm³/mol. The Hall–Kier alpha value is -2.71. The second kappa shape index (κ2) is 5.98. The summed E-state index contributed by atoms with van der Waals surface area (Å²) >= 11 is 0. The Kier molecular flexibility index (Phi) is 3.78. The smallest absolute Gasteiger partial charge is 0.340 e. The number of fused-ring (bicyclic) bond motifs is 1. The van der Waals surface area contributed by atoms with Crippen LogP contribution in [0.15, 0.2) is 36.7 Å². The zero-order valence-electron chi connectivity index (χ0n) is 13.2. The van der Waals surface area contributed by atoms with Crippen molar-refractivity contribution in [3.05, 3.63) is 48.2 Å². The highest BCUT2D eigenvalue weighted by Crippen LogP contribution is 2.31. The summed E-state index contributed by atoms with van der Waals surface area (Å²) in [4.78, 5) is 9.50. The first kappa shape index (κ1) is 15.8. The monoisotopic (exact) mass is 348 g/mol. The van der Waals surface area contributed by atoms with Crippen molar-refractivity contribution in [2.45, 2.75) is 24.9 Å². The van der Waals surface area contributed by atoms with Gasteiger partial charge in [0.1, 0.15) is 11.5 Å². The van der Waals surface area contributed by atoms with Crippen molar-refractivity contribution in [1.82, 2.24) is 24.6 Å². The van der Waals surface area contributed by atoms with Gasteiger partial charge >= 0.3 is 6.18 Å². The number of pyridine rings is 1. The number of anilines is 1. The minimum absolute atomic E-state index is 0.0595. The lowest BCUT2D eigenvalue weighted by molar-refractivity contribution is -0.141. The van der Waals surface area contributed by atoms with Gasteiger partial charge in [0.05, 0.1) is 0 Å². The number of alkyl halides is 3. The number of hydrogen-bond acceptors (Lipinski definition) is 5. The van der Waals surface area contributed by atoms with Crippen LogP contribution in [0, 0.1) is 0 Å². The Morgan fingerprint density at radius 2 is 2.00 bits per heavy atom. The Balaban J connectivity index is 1.61. The van der Waals surface area contributed by atoms with Crippen molar-refractivity contribution in [1.29, 1.82) is 0 Å². The van der Waals surface area contributed by atoms with Crippen molar-refractivity contribution in [2.75, 3.05) is 18.0 Å². The maximum absolute atomic E-state index is 12.9. The Morgan fingerprint density at radius 3 is 2.84 bits per heavy atom. The highest BCUT2D eigenvalue weighted by Gasteiger charge is 2.34. The molecule has 130 valence electrons. The van der Waals surface area contributed by atoms with Gasteiger partial charge in [0.2, 0.25) is 5.95 Å². The molecule has 1 atom stereocenters. The number of nitrogens with zero attached hydrogens (tertiary/aromatic N) is 6. The molecule has 0 saturated carbocycles. The van der Waals surface area contributed by atoms with E-state index >= 15 is 0 Å². The van der Waals surface area contributed by atoms with Crippen LogP contribution in [0.25, 0.3) is 5.65 Å². The van der Waals surface area contributed by atoms with Crippen molar-refractivity contribution in [2.24, 2.45) is 0 Å². The van der Waals surface area contributed by atoms with E-state index in [1.54, 1.807) is 4.90 Å². The summed E-state index contributed by atoms with van der Waals surface area (Å²) in [7, 11) is 0. The SMILES string of the molecule is FC(F)(F)c1ccnc(N2CCCC(c3nnc4ccccn34)C2)n1. The number of rotatable bonds is 2. The summed E-state index contributed by atoms with van der Waals surface area (Å²) in [6.07, 6.45) is 0.291. The van der Waals surface area contributed by atoms with Gasteiger partial charge in [-0.05, 0) is 31.0 Å². The number of aromatic nitrogens is 5. The molecule has 4 rings (SSSR count).